The van der Waals surface area contributed by atoms with Gasteiger partial charge in [-0.15, -0.1) is 12.3 Å². The molecular formula is C10H20OSi. The van der Waals surface area contributed by atoms with Crippen molar-refractivity contribution >= 4 is 8.32 Å². The molecule has 0 amide bonds. The molecule has 0 fully saturated rings. The second-order valence-electron chi connectivity index (χ2n) is 3.91. The van der Waals surface area contributed by atoms with Crippen LogP contribution in [0.5, 0.6) is 0 Å². The molecule has 70 valence electrons. The lowest BCUT2D eigenvalue weighted by Gasteiger charge is -2.26. The molecule has 0 aliphatic rings. The van der Waals surface area contributed by atoms with Crippen molar-refractivity contribution in [3.05, 3.63) is 0 Å². The highest BCUT2D eigenvalue weighted by Crippen LogP contribution is 2.21. The quantitative estimate of drug-likeness (QED) is 0.362. The van der Waals surface area contributed by atoms with Gasteiger partial charge in [0.1, 0.15) is 0 Å². The zero-order chi connectivity index (χ0) is 9.61. The number of terminal acetylenes is 1. The average Bonchev–Trinajstić information content (AvgIpc) is 1.98. The van der Waals surface area contributed by atoms with E-state index < -0.39 is 8.32 Å². The highest BCUT2D eigenvalue weighted by molar-refractivity contribution is 6.72. The van der Waals surface area contributed by atoms with Crippen molar-refractivity contribution in [3.8, 4) is 12.3 Å². The van der Waals surface area contributed by atoms with Crippen molar-refractivity contribution in [2.24, 2.45) is 0 Å². The Hall–Kier alpha value is -0.263. The van der Waals surface area contributed by atoms with Crippen molar-refractivity contribution < 1.29 is 4.43 Å². The lowest BCUT2D eigenvalue weighted by molar-refractivity contribution is 0.296. The normalized spacial score (nSPS) is 11.7. The summed E-state index contributed by atoms with van der Waals surface area (Å²) in [5.74, 6) is 2.62. The first-order valence-corrected chi connectivity index (χ1v) is 7.56. The molecule has 1 nitrogen and oxygen atoms in total. The predicted octanol–water partition coefficient (Wildman–Crippen LogP) is 3.03. The van der Waals surface area contributed by atoms with Gasteiger partial charge < -0.3 is 4.43 Å². The summed E-state index contributed by atoms with van der Waals surface area (Å²) in [5.41, 5.74) is 0.684. The maximum Gasteiger partial charge on any atom is 0.189 e. The maximum atomic E-state index is 5.84. The molecule has 0 aromatic heterocycles. The van der Waals surface area contributed by atoms with Crippen LogP contribution in [0.3, 0.4) is 0 Å². The summed E-state index contributed by atoms with van der Waals surface area (Å²) < 4.78 is 5.84. The van der Waals surface area contributed by atoms with E-state index >= 15 is 0 Å². The average molecular weight is 184 g/mol. The van der Waals surface area contributed by atoms with Gasteiger partial charge in [-0.2, -0.15) is 0 Å². The van der Waals surface area contributed by atoms with E-state index in [1.807, 2.05) is 0 Å². The van der Waals surface area contributed by atoms with E-state index in [-0.39, 0.29) is 0 Å². The summed E-state index contributed by atoms with van der Waals surface area (Å²) in [7, 11) is -1.40. The van der Waals surface area contributed by atoms with E-state index in [2.05, 4.69) is 32.9 Å². The standard InChI is InChI=1S/C10H20OSi/c1-6-7-8-9-11-12(4,5)10(2)3/h1,10H,7-9H2,2-5H3. The fourth-order valence-electron chi connectivity index (χ4n) is 0.676. The van der Waals surface area contributed by atoms with Crippen LogP contribution in [0.4, 0.5) is 0 Å². The lowest BCUT2D eigenvalue weighted by atomic mass is 10.3. The van der Waals surface area contributed by atoms with Crippen molar-refractivity contribution in [3.63, 3.8) is 0 Å². The van der Waals surface area contributed by atoms with E-state index in [1.54, 1.807) is 0 Å². The number of hydrogen-bond acceptors (Lipinski definition) is 1. The van der Waals surface area contributed by atoms with E-state index in [4.69, 9.17) is 10.8 Å². The summed E-state index contributed by atoms with van der Waals surface area (Å²) in [5, 5.41) is 0. The van der Waals surface area contributed by atoms with Crippen molar-refractivity contribution in [1.82, 2.24) is 0 Å². The molecule has 0 bridgehead atoms. The third kappa shape index (κ3) is 4.58. The number of hydrogen-bond donors (Lipinski definition) is 0. The minimum Gasteiger partial charge on any atom is -0.417 e. The molecular weight excluding hydrogens is 164 g/mol. The summed E-state index contributed by atoms with van der Waals surface area (Å²) in [6, 6.07) is 0. The maximum absolute atomic E-state index is 5.84. The topological polar surface area (TPSA) is 9.23 Å². The molecule has 0 heterocycles. The second-order valence-corrected chi connectivity index (χ2v) is 8.56. The zero-order valence-electron chi connectivity index (χ0n) is 8.68. The SMILES string of the molecule is C#CCCCO[Si](C)(C)C(C)C. The van der Waals surface area contributed by atoms with Crippen LogP contribution >= 0.6 is 0 Å². The van der Waals surface area contributed by atoms with Gasteiger partial charge in [-0.25, -0.2) is 0 Å². The fraction of sp³-hybridized carbons (Fsp3) is 0.800. The molecule has 0 unspecified atom stereocenters. The fourth-order valence-corrected chi connectivity index (χ4v) is 1.68. The van der Waals surface area contributed by atoms with Crippen LogP contribution in [0.25, 0.3) is 0 Å². The van der Waals surface area contributed by atoms with Crippen LogP contribution in [0, 0.1) is 12.3 Å². The van der Waals surface area contributed by atoms with Gasteiger partial charge in [0.25, 0.3) is 0 Å². The molecule has 0 atom stereocenters. The van der Waals surface area contributed by atoms with Gasteiger partial charge in [-0.1, -0.05) is 13.8 Å². The Morgan fingerprint density at radius 1 is 1.42 bits per heavy atom. The van der Waals surface area contributed by atoms with E-state index in [1.165, 1.54) is 0 Å². The lowest BCUT2D eigenvalue weighted by Crippen LogP contribution is -2.34. The monoisotopic (exact) mass is 184 g/mol. The minimum absolute atomic E-state index is 0.684. The Morgan fingerprint density at radius 3 is 2.42 bits per heavy atom. The highest BCUT2D eigenvalue weighted by Gasteiger charge is 2.26. The van der Waals surface area contributed by atoms with Crippen molar-refractivity contribution in [1.29, 1.82) is 0 Å². The van der Waals surface area contributed by atoms with Gasteiger partial charge in [0, 0.05) is 13.0 Å². The first kappa shape index (κ1) is 11.7. The molecule has 0 saturated carbocycles. The highest BCUT2D eigenvalue weighted by atomic mass is 28.4. The Morgan fingerprint density at radius 2 is 2.00 bits per heavy atom. The van der Waals surface area contributed by atoms with Gasteiger partial charge in [0.05, 0.1) is 0 Å². The third-order valence-electron chi connectivity index (χ3n) is 2.33. The smallest absolute Gasteiger partial charge is 0.189 e. The molecule has 0 aliphatic carbocycles. The van der Waals surface area contributed by atoms with Crippen LogP contribution < -0.4 is 0 Å². The van der Waals surface area contributed by atoms with Gasteiger partial charge >= 0.3 is 0 Å². The Labute approximate surface area is 77.6 Å². The number of unbranched alkanes of at least 4 members (excludes halogenated alkanes) is 1. The van der Waals surface area contributed by atoms with Gasteiger partial charge in [0.15, 0.2) is 8.32 Å². The molecule has 0 N–H and O–H groups in total. The Bertz CT molecular complexity index is 156. The molecule has 0 rings (SSSR count). The van der Waals surface area contributed by atoms with Crippen LogP contribution in [0.1, 0.15) is 26.7 Å². The zero-order valence-corrected chi connectivity index (χ0v) is 9.68. The molecule has 12 heavy (non-hydrogen) atoms. The number of rotatable bonds is 5. The summed E-state index contributed by atoms with van der Waals surface area (Å²) >= 11 is 0. The molecule has 2 heteroatoms. The molecule has 0 saturated heterocycles. The first-order chi connectivity index (χ1) is 5.50. The molecule has 0 aliphatic heterocycles. The van der Waals surface area contributed by atoms with E-state index in [0.717, 1.165) is 19.4 Å². The largest absolute Gasteiger partial charge is 0.417 e. The van der Waals surface area contributed by atoms with E-state index in [9.17, 15) is 0 Å². The van der Waals surface area contributed by atoms with Crippen molar-refractivity contribution in [2.45, 2.75) is 45.3 Å². The van der Waals surface area contributed by atoms with E-state index in [0.29, 0.717) is 5.54 Å². The van der Waals surface area contributed by atoms with Crippen LogP contribution in [-0.2, 0) is 4.43 Å². The third-order valence-corrected chi connectivity index (χ3v) is 6.06. The summed E-state index contributed by atoms with van der Waals surface area (Å²) in [6.07, 6.45) is 6.98. The van der Waals surface area contributed by atoms with Gasteiger partial charge in [0.2, 0.25) is 0 Å². The molecule has 0 radical (unpaired) electrons. The van der Waals surface area contributed by atoms with Crippen LogP contribution in [0.15, 0.2) is 0 Å². The Kier molecular flexibility index (Phi) is 5.28. The molecule has 0 spiro atoms. The summed E-state index contributed by atoms with van der Waals surface area (Å²) in [4.78, 5) is 0. The first-order valence-electron chi connectivity index (χ1n) is 4.58. The second kappa shape index (κ2) is 5.39. The van der Waals surface area contributed by atoms with Gasteiger partial charge in [-0.3, -0.25) is 0 Å². The molecule has 0 aromatic rings. The van der Waals surface area contributed by atoms with Crippen LogP contribution in [-0.4, -0.2) is 14.9 Å². The van der Waals surface area contributed by atoms with Crippen molar-refractivity contribution in [2.75, 3.05) is 6.61 Å². The predicted molar refractivity (Wildman–Crippen MR) is 56.6 cm³/mol. The molecule has 0 aromatic carbocycles. The summed E-state index contributed by atoms with van der Waals surface area (Å²) in [6.45, 7) is 9.81. The Balaban J connectivity index is 3.56. The minimum atomic E-state index is -1.40. The van der Waals surface area contributed by atoms with Crippen LogP contribution in [0.2, 0.25) is 18.6 Å². The van der Waals surface area contributed by atoms with Gasteiger partial charge in [-0.05, 0) is 25.1 Å².